The van der Waals surface area contributed by atoms with E-state index in [2.05, 4.69) is 30.0 Å². The molecule has 0 bridgehead atoms. The molecule has 1 aliphatic rings. The Balaban J connectivity index is 2.21. The predicted molar refractivity (Wildman–Crippen MR) is 51.5 cm³/mol. The van der Waals surface area contributed by atoms with Gasteiger partial charge in [-0.05, 0) is 43.5 Å². The molecule has 0 spiro atoms. The fourth-order valence-corrected chi connectivity index (χ4v) is 1.74. The molecular weight excluding hydrogens is 146 g/mol. The molecule has 1 nitrogen and oxygen atoms in total. The van der Waals surface area contributed by atoms with E-state index in [4.69, 9.17) is 0 Å². The van der Waals surface area contributed by atoms with Crippen molar-refractivity contribution in [3.05, 3.63) is 29.8 Å². The molecule has 1 saturated heterocycles. The normalized spacial score (nSPS) is 16.9. The highest BCUT2D eigenvalue weighted by atomic mass is 15.1. The van der Waals surface area contributed by atoms with Crippen LogP contribution in [0.2, 0.25) is 0 Å². The van der Waals surface area contributed by atoms with Gasteiger partial charge in [0, 0.05) is 18.8 Å². The molecule has 12 heavy (non-hydrogen) atoms. The maximum Gasteiger partial charge on any atom is 0.0369 e. The molecule has 0 aliphatic carbocycles. The third kappa shape index (κ3) is 1.45. The van der Waals surface area contributed by atoms with Crippen LogP contribution in [0.3, 0.4) is 0 Å². The number of benzene rings is 1. The minimum atomic E-state index is 1.23. The maximum absolute atomic E-state index is 3.17. The van der Waals surface area contributed by atoms with Gasteiger partial charge in [-0.15, -0.1) is 0 Å². The zero-order chi connectivity index (χ0) is 8.39. The average Bonchev–Trinajstić information content (AvgIpc) is 2.56. The van der Waals surface area contributed by atoms with Crippen molar-refractivity contribution in [1.82, 2.24) is 0 Å². The molecule has 0 amide bonds. The summed E-state index contributed by atoms with van der Waals surface area (Å²) in [6, 6.07) is 9.55. The number of aryl methyl sites for hydroxylation is 1. The number of hydrogen-bond donors (Lipinski definition) is 0. The van der Waals surface area contributed by atoms with Crippen LogP contribution in [0.1, 0.15) is 18.4 Å². The van der Waals surface area contributed by atoms with Gasteiger partial charge in [0.15, 0.2) is 0 Å². The Hall–Kier alpha value is -0.980. The first kappa shape index (κ1) is 7.66. The maximum atomic E-state index is 3.17. The van der Waals surface area contributed by atoms with Crippen molar-refractivity contribution in [3.63, 3.8) is 0 Å². The van der Waals surface area contributed by atoms with Crippen molar-refractivity contribution in [2.45, 2.75) is 19.8 Å². The first-order valence-corrected chi connectivity index (χ1v) is 4.59. The van der Waals surface area contributed by atoms with E-state index < -0.39 is 0 Å². The van der Waals surface area contributed by atoms with Crippen LogP contribution < -0.4 is 4.90 Å². The molecule has 1 fully saturated rings. The van der Waals surface area contributed by atoms with Crippen LogP contribution in [0.25, 0.3) is 0 Å². The predicted octanol–water partition coefficient (Wildman–Crippen LogP) is 2.40. The van der Waals surface area contributed by atoms with Gasteiger partial charge >= 0.3 is 0 Å². The number of hydrogen-bond acceptors (Lipinski definition) is 1. The van der Waals surface area contributed by atoms with E-state index in [0.29, 0.717) is 0 Å². The molecule has 0 saturated carbocycles. The highest BCUT2D eigenvalue weighted by Crippen LogP contribution is 2.20. The minimum Gasteiger partial charge on any atom is -0.372 e. The fraction of sp³-hybridized carbons (Fsp3) is 0.455. The van der Waals surface area contributed by atoms with Crippen molar-refractivity contribution in [1.29, 1.82) is 0 Å². The number of anilines is 1. The monoisotopic (exact) mass is 160 g/mol. The summed E-state index contributed by atoms with van der Waals surface area (Å²) in [4.78, 5) is 2.45. The number of nitrogens with zero attached hydrogens (tertiary/aromatic N) is 1. The van der Waals surface area contributed by atoms with E-state index in [1.54, 1.807) is 0 Å². The van der Waals surface area contributed by atoms with E-state index in [1.807, 2.05) is 6.07 Å². The van der Waals surface area contributed by atoms with E-state index in [0.717, 1.165) is 0 Å². The standard InChI is InChI=1S/C11H14N/c1-10-5-4-6-11(9-10)12-7-2-3-8-12/h4,6,9H,2-3,7-8H2,1H3. The molecule has 0 atom stereocenters. The molecule has 1 aromatic carbocycles. The summed E-state index contributed by atoms with van der Waals surface area (Å²) in [5, 5.41) is 0. The SMILES string of the molecule is Cc1[c]ccc(N2CCCC2)c1. The largest absolute Gasteiger partial charge is 0.372 e. The fourth-order valence-electron chi connectivity index (χ4n) is 1.74. The van der Waals surface area contributed by atoms with Crippen molar-refractivity contribution in [3.8, 4) is 0 Å². The quantitative estimate of drug-likeness (QED) is 0.609. The van der Waals surface area contributed by atoms with Gasteiger partial charge in [0.05, 0.1) is 0 Å². The molecule has 63 valence electrons. The molecule has 0 N–H and O–H groups in total. The van der Waals surface area contributed by atoms with Crippen LogP contribution in [-0.4, -0.2) is 13.1 Å². The molecule has 1 heteroatoms. The lowest BCUT2D eigenvalue weighted by atomic mass is 10.2. The molecule has 1 radical (unpaired) electrons. The van der Waals surface area contributed by atoms with Crippen LogP contribution in [0.15, 0.2) is 18.2 Å². The Labute approximate surface area is 74.0 Å². The van der Waals surface area contributed by atoms with Crippen LogP contribution >= 0.6 is 0 Å². The molecule has 1 aromatic rings. The summed E-state index contributed by atoms with van der Waals surface area (Å²) in [6.45, 7) is 4.55. The first-order valence-electron chi connectivity index (χ1n) is 4.59. The van der Waals surface area contributed by atoms with Crippen molar-refractivity contribution in [2.75, 3.05) is 18.0 Å². The number of rotatable bonds is 1. The molecule has 1 heterocycles. The zero-order valence-electron chi connectivity index (χ0n) is 7.51. The van der Waals surface area contributed by atoms with Gasteiger partial charge in [-0.2, -0.15) is 0 Å². The van der Waals surface area contributed by atoms with Crippen molar-refractivity contribution in [2.24, 2.45) is 0 Å². The van der Waals surface area contributed by atoms with Gasteiger partial charge in [-0.25, -0.2) is 0 Å². The summed E-state index contributed by atoms with van der Waals surface area (Å²) < 4.78 is 0. The Morgan fingerprint density at radius 3 is 2.75 bits per heavy atom. The third-order valence-corrected chi connectivity index (χ3v) is 2.40. The third-order valence-electron chi connectivity index (χ3n) is 2.40. The second-order valence-electron chi connectivity index (χ2n) is 3.42. The topological polar surface area (TPSA) is 3.24 Å². The van der Waals surface area contributed by atoms with Gasteiger partial charge in [-0.3, -0.25) is 0 Å². The second kappa shape index (κ2) is 3.18. The first-order chi connectivity index (χ1) is 5.86. The van der Waals surface area contributed by atoms with Gasteiger partial charge < -0.3 is 4.90 Å². The Morgan fingerprint density at radius 1 is 1.33 bits per heavy atom. The Bertz CT molecular complexity index is 261. The average molecular weight is 160 g/mol. The molecule has 2 rings (SSSR count). The lowest BCUT2D eigenvalue weighted by Gasteiger charge is -2.17. The van der Waals surface area contributed by atoms with E-state index in [-0.39, 0.29) is 0 Å². The van der Waals surface area contributed by atoms with Crippen molar-refractivity contribution >= 4 is 5.69 Å². The Morgan fingerprint density at radius 2 is 2.08 bits per heavy atom. The molecule has 1 aliphatic heterocycles. The summed E-state index contributed by atoms with van der Waals surface area (Å²) in [7, 11) is 0. The van der Waals surface area contributed by atoms with Gasteiger partial charge in [0.2, 0.25) is 0 Å². The second-order valence-corrected chi connectivity index (χ2v) is 3.42. The molecular formula is C11H14N. The van der Waals surface area contributed by atoms with Gasteiger partial charge in [0.25, 0.3) is 0 Å². The smallest absolute Gasteiger partial charge is 0.0369 e. The van der Waals surface area contributed by atoms with Crippen LogP contribution in [0.4, 0.5) is 5.69 Å². The van der Waals surface area contributed by atoms with Crippen LogP contribution in [0.5, 0.6) is 0 Å². The lowest BCUT2D eigenvalue weighted by molar-refractivity contribution is 0.949. The molecule has 0 aromatic heterocycles. The summed E-state index contributed by atoms with van der Waals surface area (Å²) in [5.74, 6) is 0. The summed E-state index contributed by atoms with van der Waals surface area (Å²) in [5.41, 5.74) is 2.60. The highest BCUT2D eigenvalue weighted by molar-refractivity contribution is 5.48. The zero-order valence-corrected chi connectivity index (χ0v) is 7.51. The summed E-state index contributed by atoms with van der Waals surface area (Å²) in [6.07, 6.45) is 2.69. The van der Waals surface area contributed by atoms with Crippen LogP contribution in [-0.2, 0) is 0 Å². The minimum absolute atomic E-state index is 1.23. The highest BCUT2D eigenvalue weighted by Gasteiger charge is 2.11. The van der Waals surface area contributed by atoms with Gasteiger partial charge in [-0.1, -0.05) is 6.07 Å². The van der Waals surface area contributed by atoms with E-state index in [1.165, 1.54) is 37.2 Å². The van der Waals surface area contributed by atoms with E-state index >= 15 is 0 Å². The lowest BCUT2D eigenvalue weighted by Crippen LogP contribution is -2.17. The van der Waals surface area contributed by atoms with Crippen molar-refractivity contribution < 1.29 is 0 Å². The van der Waals surface area contributed by atoms with Gasteiger partial charge in [0.1, 0.15) is 0 Å². The van der Waals surface area contributed by atoms with E-state index in [9.17, 15) is 0 Å². The van der Waals surface area contributed by atoms with Crippen LogP contribution in [0, 0.1) is 13.0 Å². The molecule has 0 unspecified atom stereocenters. The Kier molecular flexibility index (Phi) is 2.03. The summed E-state index contributed by atoms with van der Waals surface area (Å²) >= 11 is 0.